The number of hydrogen-bond acceptors (Lipinski definition) is 0. The molecule has 0 N–H and O–H groups in total. The van der Waals surface area contributed by atoms with Crippen molar-refractivity contribution in [3.8, 4) is 33.4 Å². The molecule has 0 amide bonds. The summed E-state index contributed by atoms with van der Waals surface area (Å²) in [5.74, 6) is 0. The Balaban J connectivity index is 1.83. The normalized spacial score (nSPS) is 13.0. The van der Waals surface area contributed by atoms with Crippen LogP contribution in [0, 0.1) is 0 Å². The molecule has 27 heavy (non-hydrogen) atoms. The van der Waals surface area contributed by atoms with Crippen LogP contribution in [0.1, 0.15) is 36.1 Å². The molecule has 2 aliphatic rings. The molecule has 2 aliphatic carbocycles. The summed E-state index contributed by atoms with van der Waals surface area (Å²) in [7, 11) is 0. The van der Waals surface area contributed by atoms with Crippen molar-refractivity contribution in [2.75, 3.05) is 0 Å². The monoisotopic (exact) mass is 346 g/mol. The molecule has 0 nitrogen and oxygen atoms in total. The highest BCUT2D eigenvalue weighted by molar-refractivity contribution is 6.18. The molecule has 0 aromatic heterocycles. The van der Waals surface area contributed by atoms with Crippen LogP contribution in [0.4, 0.5) is 0 Å². The smallest absolute Gasteiger partial charge is 0.00104 e. The standard InChI is InChI=1S/C27H22/c1-3-18-23-15-17-9-5-6-12-20(17)25(23)19(4-2)27-22-14-8-11-16-10-7-13-21(24(16)22)26(18)27/h5-14H,3-4,15H2,1-2H3. The third-order valence-electron chi connectivity index (χ3n) is 6.63. The molecule has 4 aromatic rings. The molecule has 4 aromatic carbocycles. The lowest BCUT2D eigenvalue weighted by Crippen LogP contribution is -2.01. The number of fused-ring (bicyclic) bond motifs is 6. The van der Waals surface area contributed by atoms with Crippen LogP contribution in [-0.2, 0) is 19.3 Å². The van der Waals surface area contributed by atoms with Gasteiger partial charge in [-0.15, -0.1) is 0 Å². The first-order valence-corrected chi connectivity index (χ1v) is 10.1. The predicted molar refractivity (Wildman–Crippen MR) is 115 cm³/mol. The van der Waals surface area contributed by atoms with Crippen molar-refractivity contribution in [2.24, 2.45) is 0 Å². The molecule has 0 aliphatic heterocycles. The minimum Gasteiger partial charge on any atom is -0.0619 e. The number of rotatable bonds is 2. The highest BCUT2D eigenvalue weighted by atomic mass is 14.4. The molecule has 0 saturated heterocycles. The zero-order valence-corrected chi connectivity index (χ0v) is 15.9. The molecule has 0 heteroatoms. The third-order valence-corrected chi connectivity index (χ3v) is 6.63. The van der Waals surface area contributed by atoms with E-state index in [0.717, 1.165) is 19.3 Å². The molecule has 0 atom stereocenters. The van der Waals surface area contributed by atoms with Crippen LogP contribution >= 0.6 is 0 Å². The van der Waals surface area contributed by atoms with E-state index < -0.39 is 0 Å². The Bertz CT molecular complexity index is 1250. The quantitative estimate of drug-likeness (QED) is 0.311. The Morgan fingerprint density at radius 3 is 1.96 bits per heavy atom. The Hall–Kier alpha value is -2.86. The van der Waals surface area contributed by atoms with Crippen molar-refractivity contribution in [2.45, 2.75) is 33.1 Å². The van der Waals surface area contributed by atoms with Gasteiger partial charge in [-0.1, -0.05) is 74.5 Å². The average molecular weight is 346 g/mol. The van der Waals surface area contributed by atoms with Gasteiger partial charge < -0.3 is 0 Å². The average Bonchev–Trinajstić information content (AvgIpc) is 3.25. The summed E-state index contributed by atoms with van der Waals surface area (Å²) in [6.07, 6.45) is 3.25. The molecular formula is C27H22. The second-order valence-electron chi connectivity index (χ2n) is 7.81. The van der Waals surface area contributed by atoms with Gasteiger partial charge in [-0.25, -0.2) is 0 Å². The predicted octanol–water partition coefficient (Wildman–Crippen LogP) is 7.18. The first kappa shape index (κ1) is 15.2. The summed E-state index contributed by atoms with van der Waals surface area (Å²) >= 11 is 0. The molecule has 130 valence electrons. The van der Waals surface area contributed by atoms with Crippen LogP contribution < -0.4 is 0 Å². The van der Waals surface area contributed by atoms with Gasteiger partial charge in [0.05, 0.1) is 0 Å². The van der Waals surface area contributed by atoms with Crippen LogP contribution in [0.15, 0.2) is 60.7 Å². The molecule has 0 saturated carbocycles. The van der Waals surface area contributed by atoms with Gasteiger partial charge >= 0.3 is 0 Å². The van der Waals surface area contributed by atoms with E-state index in [4.69, 9.17) is 0 Å². The Labute approximate surface area is 160 Å². The molecule has 6 rings (SSSR count). The van der Waals surface area contributed by atoms with Gasteiger partial charge in [0.2, 0.25) is 0 Å². The van der Waals surface area contributed by atoms with E-state index in [1.807, 2.05) is 0 Å². The van der Waals surface area contributed by atoms with Gasteiger partial charge in [-0.2, -0.15) is 0 Å². The maximum atomic E-state index is 2.34. The van der Waals surface area contributed by atoms with Crippen LogP contribution in [0.2, 0.25) is 0 Å². The lowest BCUT2D eigenvalue weighted by molar-refractivity contribution is 1.07. The van der Waals surface area contributed by atoms with Crippen molar-refractivity contribution >= 4 is 10.8 Å². The lowest BCUT2D eigenvalue weighted by atomic mass is 9.83. The zero-order chi connectivity index (χ0) is 18.1. The molecular weight excluding hydrogens is 324 g/mol. The molecule has 0 spiro atoms. The van der Waals surface area contributed by atoms with E-state index in [0.29, 0.717) is 0 Å². The van der Waals surface area contributed by atoms with Gasteiger partial charge in [0.1, 0.15) is 0 Å². The summed E-state index contributed by atoms with van der Waals surface area (Å²) in [5, 5.41) is 2.82. The van der Waals surface area contributed by atoms with Crippen LogP contribution in [0.25, 0.3) is 44.2 Å². The third kappa shape index (κ3) is 1.78. The van der Waals surface area contributed by atoms with Crippen molar-refractivity contribution < 1.29 is 0 Å². The van der Waals surface area contributed by atoms with Crippen LogP contribution in [0.3, 0.4) is 0 Å². The first-order valence-electron chi connectivity index (χ1n) is 10.1. The largest absolute Gasteiger partial charge is 0.0619 e. The fourth-order valence-electron chi connectivity index (χ4n) is 5.64. The van der Waals surface area contributed by atoms with E-state index in [-0.39, 0.29) is 0 Å². The highest BCUT2D eigenvalue weighted by Crippen LogP contribution is 2.55. The van der Waals surface area contributed by atoms with Crippen molar-refractivity contribution in [1.82, 2.24) is 0 Å². The summed E-state index contributed by atoms with van der Waals surface area (Å²) in [5.41, 5.74) is 15.1. The lowest BCUT2D eigenvalue weighted by Gasteiger charge is -2.20. The van der Waals surface area contributed by atoms with Crippen LogP contribution in [0.5, 0.6) is 0 Å². The Morgan fingerprint density at radius 2 is 1.26 bits per heavy atom. The molecule has 0 fully saturated rings. The summed E-state index contributed by atoms with van der Waals surface area (Å²) < 4.78 is 0. The molecule has 0 unspecified atom stereocenters. The second-order valence-corrected chi connectivity index (χ2v) is 7.81. The SMILES string of the molecule is CCc1c2c(c(CC)c3c1-c1cccc4cccc-3c14)-c1ccccc1C2. The molecule has 0 bridgehead atoms. The van der Waals surface area contributed by atoms with Crippen LogP contribution in [-0.4, -0.2) is 0 Å². The van der Waals surface area contributed by atoms with Gasteiger partial charge in [0.15, 0.2) is 0 Å². The summed E-state index contributed by atoms with van der Waals surface area (Å²) in [6.45, 7) is 4.65. The Kier molecular flexibility index (Phi) is 3.00. The van der Waals surface area contributed by atoms with Crippen molar-refractivity contribution in [3.05, 3.63) is 82.9 Å². The number of hydrogen-bond donors (Lipinski definition) is 0. The first-order chi connectivity index (χ1) is 13.3. The fourth-order valence-corrected chi connectivity index (χ4v) is 5.64. The molecule has 0 radical (unpaired) electrons. The minimum absolute atomic E-state index is 1.08. The van der Waals surface area contributed by atoms with Gasteiger partial charge in [0, 0.05) is 0 Å². The van der Waals surface area contributed by atoms with Gasteiger partial charge in [-0.05, 0) is 85.7 Å². The maximum Gasteiger partial charge on any atom is -0.00104 e. The topological polar surface area (TPSA) is 0 Å². The molecule has 0 heterocycles. The number of benzene rings is 4. The Morgan fingerprint density at radius 1 is 0.630 bits per heavy atom. The maximum absolute atomic E-state index is 2.34. The van der Waals surface area contributed by atoms with Gasteiger partial charge in [-0.3, -0.25) is 0 Å². The van der Waals surface area contributed by atoms with E-state index in [9.17, 15) is 0 Å². The minimum atomic E-state index is 1.08. The van der Waals surface area contributed by atoms with Gasteiger partial charge in [0.25, 0.3) is 0 Å². The highest BCUT2D eigenvalue weighted by Gasteiger charge is 2.33. The van der Waals surface area contributed by atoms with Crippen molar-refractivity contribution in [1.29, 1.82) is 0 Å². The van der Waals surface area contributed by atoms with Crippen molar-refractivity contribution in [3.63, 3.8) is 0 Å². The second kappa shape index (κ2) is 5.33. The van der Waals surface area contributed by atoms with E-state index >= 15 is 0 Å². The fraction of sp³-hybridized carbons (Fsp3) is 0.185. The zero-order valence-electron chi connectivity index (χ0n) is 15.9. The van der Waals surface area contributed by atoms with E-state index in [1.165, 1.54) is 49.7 Å². The van der Waals surface area contributed by atoms with E-state index in [1.54, 1.807) is 16.7 Å². The summed E-state index contributed by atoms with van der Waals surface area (Å²) in [6, 6.07) is 22.7. The van der Waals surface area contributed by atoms with E-state index in [2.05, 4.69) is 74.5 Å². The summed E-state index contributed by atoms with van der Waals surface area (Å²) in [4.78, 5) is 0.